The molecule has 0 amide bonds. The molecule has 26 heavy (non-hydrogen) atoms. The van der Waals surface area contributed by atoms with Crippen LogP contribution in [0.3, 0.4) is 0 Å². The SMILES string of the molecule is Cc1cc(N2CCN(c3nc(C)nc4c3CCC4)CC2)n2ncnc2n1. The van der Waals surface area contributed by atoms with Gasteiger partial charge in [-0.15, -0.1) is 0 Å². The minimum absolute atomic E-state index is 0.659. The maximum Gasteiger partial charge on any atom is 0.254 e. The van der Waals surface area contributed by atoms with Crippen LogP contribution < -0.4 is 9.80 Å². The van der Waals surface area contributed by atoms with Crippen LogP contribution in [0.1, 0.15) is 29.2 Å². The monoisotopic (exact) mass is 350 g/mol. The summed E-state index contributed by atoms with van der Waals surface area (Å²) in [6.07, 6.45) is 4.95. The predicted octanol–water partition coefficient (Wildman–Crippen LogP) is 1.35. The fourth-order valence-electron chi connectivity index (χ4n) is 4.08. The Morgan fingerprint density at radius 3 is 2.58 bits per heavy atom. The molecule has 1 aliphatic heterocycles. The van der Waals surface area contributed by atoms with Crippen molar-refractivity contribution in [3.63, 3.8) is 0 Å². The molecule has 0 saturated carbocycles. The highest BCUT2D eigenvalue weighted by Gasteiger charge is 2.26. The van der Waals surface area contributed by atoms with Crippen molar-refractivity contribution in [1.82, 2.24) is 29.5 Å². The van der Waals surface area contributed by atoms with Crippen molar-refractivity contribution in [2.45, 2.75) is 33.1 Å². The van der Waals surface area contributed by atoms with Crippen molar-refractivity contribution in [3.05, 3.63) is 35.2 Å². The van der Waals surface area contributed by atoms with Gasteiger partial charge in [0.1, 0.15) is 23.8 Å². The molecule has 0 unspecified atom stereocenters. The van der Waals surface area contributed by atoms with E-state index >= 15 is 0 Å². The Kier molecular flexibility index (Phi) is 3.51. The molecule has 3 aromatic rings. The first-order valence-corrected chi connectivity index (χ1v) is 9.23. The number of hydrogen-bond acceptors (Lipinski definition) is 7. The molecule has 2 aliphatic rings. The molecule has 1 fully saturated rings. The van der Waals surface area contributed by atoms with Crippen molar-refractivity contribution < 1.29 is 0 Å². The smallest absolute Gasteiger partial charge is 0.254 e. The summed E-state index contributed by atoms with van der Waals surface area (Å²) in [7, 11) is 0. The van der Waals surface area contributed by atoms with Crippen LogP contribution in [-0.4, -0.2) is 55.7 Å². The van der Waals surface area contributed by atoms with E-state index in [1.807, 2.05) is 18.4 Å². The van der Waals surface area contributed by atoms with E-state index in [4.69, 9.17) is 4.98 Å². The molecule has 0 N–H and O–H groups in total. The topological polar surface area (TPSA) is 75.3 Å². The standard InChI is InChI=1S/C18H22N8/c1-12-10-16(26-18(21-12)19-11-20-26)24-6-8-25(9-7-24)17-14-4-3-5-15(14)22-13(2)23-17/h10-11H,3-9H2,1-2H3. The molecular weight excluding hydrogens is 328 g/mol. The Bertz CT molecular complexity index is 971. The van der Waals surface area contributed by atoms with E-state index in [9.17, 15) is 0 Å². The van der Waals surface area contributed by atoms with Crippen molar-refractivity contribution in [2.24, 2.45) is 0 Å². The zero-order valence-electron chi connectivity index (χ0n) is 15.2. The number of rotatable bonds is 2. The predicted molar refractivity (Wildman–Crippen MR) is 98.7 cm³/mol. The molecule has 8 nitrogen and oxygen atoms in total. The summed E-state index contributed by atoms with van der Waals surface area (Å²) >= 11 is 0. The quantitative estimate of drug-likeness (QED) is 0.690. The number of nitrogens with zero attached hydrogens (tertiary/aromatic N) is 8. The van der Waals surface area contributed by atoms with Crippen molar-refractivity contribution in [3.8, 4) is 0 Å². The molecule has 134 valence electrons. The van der Waals surface area contributed by atoms with E-state index < -0.39 is 0 Å². The van der Waals surface area contributed by atoms with E-state index in [0.717, 1.165) is 62.2 Å². The number of fused-ring (bicyclic) bond motifs is 2. The Hall–Kier alpha value is -2.77. The van der Waals surface area contributed by atoms with Gasteiger partial charge in [0, 0.05) is 49.2 Å². The maximum absolute atomic E-state index is 4.78. The van der Waals surface area contributed by atoms with E-state index in [-0.39, 0.29) is 0 Å². The van der Waals surface area contributed by atoms with Crippen LogP contribution >= 0.6 is 0 Å². The zero-order valence-corrected chi connectivity index (χ0v) is 15.2. The average molecular weight is 350 g/mol. The Morgan fingerprint density at radius 1 is 0.923 bits per heavy atom. The second kappa shape index (κ2) is 5.89. The maximum atomic E-state index is 4.78. The third-order valence-corrected chi connectivity index (χ3v) is 5.29. The normalized spacial score (nSPS) is 17.2. The summed E-state index contributed by atoms with van der Waals surface area (Å²) in [6.45, 7) is 7.74. The first-order chi connectivity index (χ1) is 12.7. The molecule has 8 heteroatoms. The lowest BCUT2D eigenvalue weighted by atomic mass is 10.2. The first kappa shape index (κ1) is 15.5. The first-order valence-electron chi connectivity index (χ1n) is 9.23. The molecule has 4 heterocycles. The van der Waals surface area contributed by atoms with Crippen LogP contribution in [0.5, 0.6) is 0 Å². The lowest BCUT2D eigenvalue weighted by Crippen LogP contribution is -2.47. The summed E-state index contributed by atoms with van der Waals surface area (Å²) in [4.78, 5) is 22.9. The number of hydrogen-bond donors (Lipinski definition) is 0. The minimum atomic E-state index is 0.659. The van der Waals surface area contributed by atoms with Gasteiger partial charge in [0.05, 0.1) is 0 Å². The second-order valence-electron chi connectivity index (χ2n) is 7.07. The van der Waals surface area contributed by atoms with Crippen LogP contribution in [0, 0.1) is 13.8 Å². The van der Waals surface area contributed by atoms with Crippen molar-refractivity contribution in [1.29, 1.82) is 0 Å². The molecule has 5 rings (SSSR count). The molecule has 1 saturated heterocycles. The third-order valence-electron chi connectivity index (χ3n) is 5.29. The van der Waals surface area contributed by atoms with Gasteiger partial charge >= 0.3 is 0 Å². The lowest BCUT2D eigenvalue weighted by Gasteiger charge is -2.37. The van der Waals surface area contributed by atoms with Crippen LogP contribution in [0.15, 0.2) is 12.4 Å². The van der Waals surface area contributed by atoms with E-state index in [2.05, 4.69) is 35.9 Å². The molecule has 0 atom stereocenters. The summed E-state index contributed by atoms with van der Waals surface area (Å²) < 4.78 is 1.83. The van der Waals surface area contributed by atoms with Crippen molar-refractivity contribution in [2.75, 3.05) is 36.0 Å². The Balaban J connectivity index is 1.41. The minimum Gasteiger partial charge on any atom is -0.353 e. The van der Waals surface area contributed by atoms with Gasteiger partial charge in [0.2, 0.25) is 0 Å². The second-order valence-corrected chi connectivity index (χ2v) is 7.07. The van der Waals surface area contributed by atoms with Crippen LogP contribution in [0.2, 0.25) is 0 Å². The van der Waals surface area contributed by atoms with Gasteiger partial charge in [-0.2, -0.15) is 14.6 Å². The average Bonchev–Trinajstić information content (AvgIpc) is 3.29. The molecule has 0 aromatic carbocycles. The van der Waals surface area contributed by atoms with Crippen LogP contribution in [0.25, 0.3) is 5.78 Å². The highest BCUT2D eigenvalue weighted by Crippen LogP contribution is 2.30. The lowest BCUT2D eigenvalue weighted by molar-refractivity contribution is 0.629. The van der Waals surface area contributed by atoms with E-state index in [0.29, 0.717) is 5.78 Å². The molecule has 0 spiro atoms. The van der Waals surface area contributed by atoms with Crippen molar-refractivity contribution >= 4 is 17.4 Å². The highest BCUT2D eigenvalue weighted by atomic mass is 15.4. The third kappa shape index (κ3) is 2.48. The van der Waals surface area contributed by atoms with Gasteiger partial charge < -0.3 is 9.80 Å². The van der Waals surface area contributed by atoms with E-state index in [1.165, 1.54) is 17.7 Å². The summed E-state index contributed by atoms with van der Waals surface area (Å²) in [5.41, 5.74) is 3.58. The number of aryl methyl sites for hydroxylation is 3. The Labute approximate surface area is 151 Å². The highest BCUT2D eigenvalue weighted by molar-refractivity contribution is 5.54. The fourth-order valence-corrected chi connectivity index (χ4v) is 4.08. The Morgan fingerprint density at radius 2 is 1.73 bits per heavy atom. The molecular formula is C18H22N8. The number of anilines is 2. The fraction of sp³-hybridized carbons (Fsp3) is 0.500. The summed E-state index contributed by atoms with van der Waals surface area (Å²) in [5, 5.41) is 4.34. The molecule has 0 bridgehead atoms. The van der Waals surface area contributed by atoms with Gasteiger partial charge in [-0.1, -0.05) is 0 Å². The number of aromatic nitrogens is 6. The van der Waals surface area contributed by atoms with Gasteiger partial charge in [-0.3, -0.25) is 0 Å². The number of piperazine rings is 1. The van der Waals surface area contributed by atoms with Gasteiger partial charge in [0.15, 0.2) is 0 Å². The molecule has 3 aromatic heterocycles. The van der Waals surface area contributed by atoms with Crippen LogP contribution in [0.4, 0.5) is 11.6 Å². The van der Waals surface area contributed by atoms with Gasteiger partial charge in [-0.05, 0) is 33.1 Å². The largest absolute Gasteiger partial charge is 0.353 e. The zero-order chi connectivity index (χ0) is 17.7. The summed E-state index contributed by atoms with van der Waals surface area (Å²) in [5.74, 6) is 3.76. The van der Waals surface area contributed by atoms with E-state index in [1.54, 1.807) is 6.33 Å². The van der Waals surface area contributed by atoms with Gasteiger partial charge in [0.25, 0.3) is 5.78 Å². The molecule has 1 aliphatic carbocycles. The van der Waals surface area contributed by atoms with Gasteiger partial charge in [-0.25, -0.2) is 15.0 Å². The van der Waals surface area contributed by atoms with Crippen LogP contribution in [-0.2, 0) is 12.8 Å². The molecule has 0 radical (unpaired) electrons. The summed E-state index contributed by atoms with van der Waals surface area (Å²) in [6, 6.07) is 2.09.